The molecule has 1 atom stereocenters. The highest BCUT2D eigenvalue weighted by molar-refractivity contribution is 5.84. The van der Waals surface area contributed by atoms with Crippen molar-refractivity contribution < 1.29 is 27.2 Å². The van der Waals surface area contributed by atoms with E-state index in [1.165, 1.54) is 0 Å². The summed E-state index contributed by atoms with van der Waals surface area (Å²) in [5.41, 5.74) is 4.58. The lowest BCUT2D eigenvalue weighted by atomic mass is 9.92. The van der Waals surface area contributed by atoms with Gasteiger partial charge in [-0.15, -0.1) is 0 Å². The quantitative estimate of drug-likeness (QED) is 0.258. The lowest BCUT2D eigenvalue weighted by Crippen LogP contribution is -2.35. The second-order valence-electron chi connectivity index (χ2n) is 10.2. The van der Waals surface area contributed by atoms with Crippen molar-refractivity contribution in [2.45, 2.75) is 57.7 Å². The van der Waals surface area contributed by atoms with Gasteiger partial charge in [0.15, 0.2) is 24.2 Å². The molecule has 1 fully saturated rings. The molecule has 6 rings (SSSR count). The summed E-state index contributed by atoms with van der Waals surface area (Å²) in [6, 6.07) is 7.74. The van der Waals surface area contributed by atoms with Gasteiger partial charge in [-0.05, 0) is 63.3 Å². The average Bonchev–Trinajstić information content (AvgIpc) is 3.50. The fraction of sp³-hybridized carbons (Fsp3) is 0.379. The van der Waals surface area contributed by atoms with Gasteiger partial charge < -0.3 is 23.5 Å². The third-order valence-corrected chi connectivity index (χ3v) is 7.85. The van der Waals surface area contributed by atoms with Gasteiger partial charge in [-0.3, -0.25) is 0 Å². The molecule has 10 heteroatoms. The molecule has 204 valence electrons. The number of halogens is 3. The summed E-state index contributed by atoms with van der Waals surface area (Å²) in [5, 5.41) is 4.09. The minimum absolute atomic E-state index is 0.0234. The van der Waals surface area contributed by atoms with Crippen molar-refractivity contribution in [3.05, 3.63) is 77.4 Å². The van der Waals surface area contributed by atoms with Crippen molar-refractivity contribution in [3.8, 4) is 11.1 Å². The van der Waals surface area contributed by atoms with Crippen molar-refractivity contribution >= 4 is 16.7 Å². The molecule has 0 radical (unpaired) electrons. The third-order valence-electron chi connectivity index (χ3n) is 7.85. The molecule has 1 aliphatic carbocycles. The number of benzene rings is 2. The zero-order chi connectivity index (χ0) is 27.3. The Morgan fingerprint density at radius 2 is 1.74 bits per heavy atom. The first-order valence-electron chi connectivity index (χ1n) is 13.0. The van der Waals surface area contributed by atoms with E-state index in [2.05, 4.69) is 15.8 Å². The fourth-order valence-electron chi connectivity index (χ4n) is 5.91. The molecule has 1 saturated carbocycles. The first-order valence-corrected chi connectivity index (χ1v) is 13.0. The highest BCUT2D eigenvalue weighted by Crippen LogP contribution is 2.40. The molecule has 3 heterocycles. The van der Waals surface area contributed by atoms with Crippen LogP contribution in [0, 0.1) is 31.3 Å². The zero-order valence-electron chi connectivity index (χ0n) is 22.0. The number of anilines is 1. The van der Waals surface area contributed by atoms with Gasteiger partial charge in [-0.1, -0.05) is 11.2 Å². The lowest BCUT2D eigenvalue weighted by Gasteiger charge is -2.36. The maximum absolute atomic E-state index is 14.2. The molecule has 0 bridgehead atoms. The number of imidazole rings is 1. The van der Waals surface area contributed by atoms with Crippen molar-refractivity contribution in [1.82, 2.24) is 14.7 Å². The topological polar surface area (TPSA) is 65.6 Å². The molecule has 0 saturated heterocycles. The number of rotatable bonds is 5. The van der Waals surface area contributed by atoms with Gasteiger partial charge in [0, 0.05) is 36.5 Å². The monoisotopic (exact) mass is 538 g/mol. The van der Waals surface area contributed by atoms with Crippen LogP contribution in [0.4, 0.5) is 18.9 Å². The van der Waals surface area contributed by atoms with Crippen molar-refractivity contribution in [1.29, 1.82) is 0 Å². The normalized spacial score (nSPS) is 21.5. The molecule has 0 amide bonds. The van der Waals surface area contributed by atoms with Crippen LogP contribution < -0.4 is 4.90 Å². The molecular weight excluding hydrogens is 509 g/mol. The predicted octanol–water partition coefficient (Wildman–Crippen LogP) is 6.90. The summed E-state index contributed by atoms with van der Waals surface area (Å²) in [4.78, 5) is 6.77. The number of hydrogen-bond donors (Lipinski definition) is 0. The van der Waals surface area contributed by atoms with Crippen LogP contribution in [-0.2, 0) is 9.47 Å². The molecule has 2 aliphatic rings. The summed E-state index contributed by atoms with van der Waals surface area (Å²) < 4.78 is 61.0. The molecule has 2 aromatic heterocycles. The van der Waals surface area contributed by atoms with Crippen molar-refractivity contribution in [2.75, 3.05) is 18.7 Å². The van der Waals surface area contributed by atoms with Gasteiger partial charge in [-0.25, -0.2) is 18.2 Å². The minimum Gasteiger partial charge on any atom is -0.481 e. The van der Waals surface area contributed by atoms with Crippen LogP contribution >= 0.6 is 0 Å². The van der Waals surface area contributed by atoms with E-state index in [1.807, 2.05) is 26.0 Å². The Morgan fingerprint density at radius 3 is 2.41 bits per heavy atom. The molecule has 0 spiro atoms. The predicted molar refractivity (Wildman–Crippen MR) is 140 cm³/mol. The van der Waals surface area contributed by atoms with Crippen LogP contribution in [0.1, 0.15) is 55.0 Å². The second-order valence-corrected chi connectivity index (χ2v) is 10.2. The van der Waals surface area contributed by atoms with Gasteiger partial charge in [0.25, 0.3) is 0 Å². The molecule has 1 aliphatic heterocycles. The van der Waals surface area contributed by atoms with Crippen molar-refractivity contribution in [2.24, 2.45) is 0 Å². The number of hydrogen-bond acceptors (Lipinski definition) is 6. The van der Waals surface area contributed by atoms with Gasteiger partial charge >= 0.3 is 0 Å². The number of nitrogens with zero attached hydrogens (tertiary/aromatic N) is 4. The number of aromatic nitrogens is 3. The van der Waals surface area contributed by atoms with Crippen LogP contribution in [0.3, 0.4) is 0 Å². The highest BCUT2D eigenvalue weighted by Gasteiger charge is 2.33. The van der Waals surface area contributed by atoms with E-state index >= 15 is 0 Å². The van der Waals surface area contributed by atoms with Crippen LogP contribution in [0.15, 0.2) is 47.2 Å². The van der Waals surface area contributed by atoms with Gasteiger partial charge in [0.2, 0.25) is 0 Å². The largest absolute Gasteiger partial charge is 0.481 e. The maximum Gasteiger partial charge on any atom is 0.194 e. The van der Waals surface area contributed by atoms with Crippen LogP contribution in [0.25, 0.3) is 22.2 Å². The Labute approximate surface area is 223 Å². The Bertz CT molecular complexity index is 1510. The van der Waals surface area contributed by atoms with Gasteiger partial charge in [-0.2, -0.15) is 0 Å². The van der Waals surface area contributed by atoms with E-state index in [1.54, 1.807) is 24.3 Å². The smallest absolute Gasteiger partial charge is 0.194 e. The second kappa shape index (κ2) is 10.1. The summed E-state index contributed by atoms with van der Waals surface area (Å²) in [6.45, 7) is 3.80. The molecule has 7 nitrogen and oxygen atoms in total. The van der Waals surface area contributed by atoms with E-state index in [4.69, 9.17) is 19.0 Å². The van der Waals surface area contributed by atoms with E-state index in [-0.39, 0.29) is 24.6 Å². The highest BCUT2D eigenvalue weighted by atomic mass is 19.2. The maximum atomic E-state index is 14.2. The van der Waals surface area contributed by atoms with E-state index in [0.717, 1.165) is 71.4 Å². The number of ether oxygens (including phenoxy) is 2. The minimum atomic E-state index is -1.50. The van der Waals surface area contributed by atoms with E-state index < -0.39 is 23.5 Å². The molecule has 4 aromatic rings. The number of aryl methyl sites for hydroxylation is 2. The van der Waals surface area contributed by atoms with Crippen LogP contribution in [-0.4, -0.2) is 34.7 Å². The summed E-state index contributed by atoms with van der Waals surface area (Å²) >= 11 is 0. The summed E-state index contributed by atoms with van der Waals surface area (Å²) in [5.74, 6) is -2.57. The van der Waals surface area contributed by atoms with Crippen LogP contribution in [0.2, 0.25) is 0 Å². The Morgan fingerprint density at radius 1 is 1.00 bits per heavy atom. The third kappa shape index (κ3) is 4.46. The Hall–Kier alpha value is -3.79. The molecule has 0 N–H and O–H groups in total. The zero-order valence-corrected chi connectivity index (χ0v) is 22.0. The molecule has 0 unspecified atom stereocenters. The Balaban J connectivity index is 1.50. The van der Waals surface area contributed by atoms with Gasteiger partial charge in [0.1, 0.15) is 17.6 Å². The first kappa shape index (κ1) is 25.5. The number of methoxy groups -OCH3 is 1. The molecule has 2 aromatic carbocycles. The summed E-state index contributed by atoms with van der Waals surface area (Å²) in [7, 11) is 1.74. The molecular formula is C29H29F3N4O3. The summed E-state index contributed by atoms with van der Waals surface area (Å²) in [6.07, 6.45) is 7.22. The van der Waals surface area contributed by atoms with Gasteiger partial charge in [0.05, 0.1) is 29.1 Å². The standard InChI is InChI=1S/C29H29F3N4O3/c1-16-27(17(2)39-34-16)18-4-9-25-24(12-18)33-29(36(25)19-5-7-21(37-3)8-6-19)26-10-11-38-15-35(26)20-13-22(30)28(32)23(31)14-20/h4,9-14,19,21,26H,5-8,15H2,1-3H3/t19?,21?,26-/m0/s1. The van der Waals surface area contributed by atoms with Crippen LogP contribution in [0.5, 0.6) is 0 Å². The first-order chi connectivity index (χ1) is 18.9. The number of fused-ring (bicyclic) bond motifs is 1. The lowest BCUT2D eigenvalue weighted by molar-refractivity contribution is 0.0584. The fourth-order valence-corrected chi connectivity index (χ4v) is 5.91. The van der Waals surface area contributed by atoms with E-state index in [9.17, 15) is 13.2 Å². The van der Waals surface area contributed by atoms with E-state index in [0.29, 0.717) is 5.82 Å². The SMILES string of the molecule is COC1CCC(n2c([C@@H]3C=COCN3c3cc(F)c(F)c(F)c3)nc3cc(-c4c(C)noc4C)ccc32)CC1. The van der Waals surface area contributed by atoms with Crippen molar-refractivity contribution in [3.63, 3.8) is 0 Å². The Kier molecular flexibility index (Phi) is 6.58. The average molecular weight is 539 g/mol. The molecule has 39 heavy (non-hydrogen) atoms.